The quantitative estimate of drug-likeness (QED) is 0.672. The number of anilines is 1. The lowest BCUT2D eigenvalue weighted by Crippen LogP contribution is -2.37. The van der Waals surface area contributed by atoms with Crippen LogP contribution in [0.25, 0.3) is 0 Å². The van der Waals surface area contributed by atoms with Crippen LogP contribution in [0.4, 0.5) is 15.8 Å². The van der Waals surface area contributed by atoms with Gasteiger partial charge in [-0.1, -0.05) is 6.07 Å². The van der Waals surface area contributed by atoms with Crippen LogP contribution in [0.3, 0.4) is 0 Å². The lowest BCUT2D eigenvalue weighted by Gasteiger charge is -2.17. The Morgan fingerprint density at radius 2 is 1.96 bits per heavy atom. The minimum Gasteiger partial charge on any atom is -0.347 e. The summed E-state index contributed by atoms with van der Waals surface area (Å²) in [4.78, 5) is 36.6. The van der Waals surface area contributed by atoms with Crippen LogP contribution in [-0.4, -0.2) is 29.3 Å². The fraction of sp³-hybridized carbons (Fsp3) is 0.222. The van der Waals surface area contributed by atoms with Gasteiger partial charge < -0.3 is 10.2 Å². The molecule has 1 atom stereocenters. The number of hydrogen-bond acceptors (Lipinski definition) is 4. The molecule has 134 valence electrons. The van der Waals surface area contributed by atoms with E-state index in [1.54, 1.807) is 0 Å². The van der Waals surface area contributed by atoms with Gasteiger partial charge in [-0.05, 0) is 37.3 Å². The maximum atomic E-state index is 13.0. The van der Waals surface area contributed by atoms with Gasteiger partial charge >= 0.3 is 0 Å². The average Bonchev–Trinajstić information content (AvgIpc) is 2.95. The molecule has 0 radical (unpaired) electrons. The fourth-order valence-corrected chi connectivity index (χ4v) is 3.01. The van der Waals surface area contributed by atoms with Gasteiger partial charge in [-0.15, -0.1) is 0 Å². The maximum absolute atomic E-state index is 13.0. The molecule has 1 aliphatic rings. The minimum atomic E-state index is -0.540. The number of hydrogen-bond donors (Lipinski definition) is 1. The van der Waals surface area contributed by atoms with Gasteiger partial charge in [-0.3, -0.25) is 19.7 Å². The molecule has 1 saturated heterocycles. The number of nitro groups is 1. The first-order valence-electron chi connectivity index (χ1n) is 7.97. The van der Waals surface area contributed by atoms with Gasteiger partial charge in [-0.2, -0.15) is 0 Å². The van der Waals surface area contributed by atoms with Crippen molar-refractivity contribution in [2.24, 2.45) is 0 Å². The topological polar surface area (TPSA) is 92.6 Å². The SMILES string of the molecule is Cc1c(C(=O)NC2CC(=O)N(c3ccc(F)cc3)C2)cccc1[N+](=O)[O-]. The molecule has 0 aliphatic carbocycles. The van der Waals surface area contributed by atoms with E-state index in [0.29, 0.717) is 5.69 Å². The van der Waals surface area contributed by atoms with E-state index in [2.05, 4.69) is 5.32 Å². The lowest BCUT2D eigenvalue weighted by atomic mass is 10.1. The summed E-state index contributed by atoms with van der Waals surface area (Å²) in [5, 5.41) is 13.7. The Morgan fingerprint density at radius 3 is 2.62 bits per heavy atom. The second-order valence-electron chi connectivity index (χ2n) is 6.06. The summed E-state index contributed by atoms with van der Waals surface area (Å²) in [6.45, 7) is 1.77. The second-order valence-corrected chi connectivity index (χ2v) is 6.06. The number of rotatable bonds is 4. The summed E-state index contributed by atoms with van der Waals surface area (Å²) in [6.07, 6.45) is 0.108. The Bertz CT molecular complexity index is 883. The van der Waals surface area contributed by atoms with Gasteiger partial charge in [0.05, 0.1) is 11.0 Å². The van der Waals surface area contributed by atoms with E-state index in [4.69, 9.17) is 0 Å². The molecule has 2 aromatic rings. The van der Waals surface area contributed by atoms with E-state index in [0.717, 1.165) is 0 Å². The number of carbonyl (C=O) groups excluding carboxylic acids is 2. The zero-order valence-electron chi connectivity index (χ0n) is 13.9. The molecule has 0 spiro atoms. The molecule has 1 aliphatic heterocycles. The fourth-order valence-electron chi connectivity index (χ4n) is 3.01. The Kier molecular flexibility index (Phi) is 4.66. The van der Waals surface area contributed by atoms with Gasteiger partial charge in [0.2, 0.25) is 5.91 Å². The van der Waals surface area contributed by atoms with Gasteiger partial charge in [0.15, 0.2) is 0 Å². The number of carbonyl (C=O) groups is 2. The third kappa shape index (κ3) is 3.39. The van der Waals surface area contributed by atoms with Crippen molar-refractivity contribution in [3.05, 3.63) is 69.5 Å². The summed E-state index contributed by atoms with van der Waals surface area (Å²) < 4.78 is 13.0. The third-order valence-electron chi connectivity index (χ3n) is 4.35. The van der Waals surface area contributed by atoms with E-state index in [1.807, 2.05) is 0 Å². The van der Waals surface area contributed by atoms with E-state index < -0.39 is 22.7 Å². The molecular weight excluding hydrogens is 341 g/mol. The molecule has 0 bridgehead atoms. The molecule has 8 heteroatoms. The Labute approximate surface area is 148 Å². The first-order chi connectivity index (χ1) is 12.4. The van der Waals surface area contributed by atoms with Gasteiger partial charge in [0, 0.05) is 35.8 Å². The number of nitrogens with one attached hydrogen (secondary N) is 1. The third-order valence-corrected chi connectivity index (χ3v) is 4.35. The molecule has 0 saturated carbocycles. The molecule has 1 unspecified atom stereocenters. The highest BCUT2D eigenvalue weighted by atomic mass is 19.1. The first-order valence-corrected chi connectivity index (χ1v) is 7.97. The van der Waals surface area contributed by atoms with Gasteiger partial charge in [0.25, 0.3) is 11.6 Å². The average molecular weight is 357 g/mol. The van der Waals surface area contributed by atoms with Crippen molar-refractivity contribution in [2.45, 2.75) is 19.4 Å². The van der Waals surface area contributed by atoms with Crippen molar-refractivity contribution in [3.8, 4) is 0 Å². The summed E-state index contributed by atoms with van der Waals surface area (Å²) >= 11 is 0. The predicted octanol–water partition coefficient (Wildman–Crippen LogP) is 2.58. The van der Waals surface area contributed by atoms with Crippen LogP contribution in [0.5, 0.6) is 0 Å². The predicted molar refractivity (Wildman–Crippen MR) is 92.5 cm³/mol. The molecular formula is C18H16FN3O4. The first kappa shape index (κ1) is 17.5. The van der Waals surface area contributed by atoms with E-state index in [9.17, 15) is 24.1 Å². The maximum Gasteiger partial charge on any atom is 0.273 e. The van der Waals surface area contributed by atoms with Crippen molar-refractivity contribution >= 4 is 23.2 Å². The molecule has 3 rings (SSSR count). The monoisotopic (exact) mass is 357 g/mol. The summed E-state index contributed by atoms with van der Waals surface area (Å²) in [5.74, 6) is -1.05. The number of nitrogens with zero attached hydrogens (tertiary/aromatic N) is 2. The van der Waals surface area contributed by atoms with Crippen LogP contribution in [-0.2, 0) is 4.79 Å². The van der Waals surface area contributed by atoms with Gasteiger partial charge in [0.1, 0.15) is 5.82 Å². The molecule has 1 fully saturated rings. The van der Waals surface area contributed by atoms with E-state index in [-0.39, 0.29) is 35.7 Å². The van der Waals surface area contributed by atoms with Crippen LogP contribution in [0, 0.1) is 22.9 Å². The smallest absolute Gasteiger partial charge is 0.273 e. The normalized spacial score (nSPS) is 16.6. The molecule has 2 amide bonds. The number of halogens is 1. The molecule has 0 aromatic heterocycles. The van der Waals surface area contributed by atoms with Crippen LogP contribution in [0.2, 0.25) is 0 Å². The van der Waals surface area contributed by atoms with Crippen molar-refractivity contribution in [1.82, 2.24) is 5.32 Å². The molecule has 26 heavy (non-hydrogen) atoms. The van der Waals surface area contributed by atoms with E-state index >= 15 is 0 Å². The molecule has 1 heterocycles. The van der Waals surface area contributed by atoms with Crippen LogP contribution in [0.15, 0.2) is 42.5 Å². The largest absolute Gasteiger partial charge is 0.347 e. The zero-order valence-corrected chi connectivity index (χ0v) is 13.9. The molecule has 1 N–H and O–H groups in total. The van der Waals surface area contributed by atoms with Crippen LogP contribution in [0.1, 0.15) is 22.3 Å². The van der Waals surface area contributed by atoms with Crippen molar-refractivity contribution < 1.29 is 18.9 Å². The Hall–Kier alpha value is -3.29. The van der Waals surface area contributed by atoms with E-state index in [1.165, 1.54) is 54.3 Å². The summed E-state index contributed by atoms with van der Waals surface area (Å²) in [7, 11) is 0. The van der Waals surface area contributed by atoms with Crippen LogP contribution >= 0.6 is 0 Å². The molecule has 2 aromatic carbocycles. The summed E-state index contributed by atoms with van der Waals surface area (Å²) in [6, 6.07) is 9.39. The van der Waals surface area contributed by atoms with Gasteiger partial charge in [-0.25, -0.2) is 4.39 Å². The Balaban J connectivity index is 1.73. The number of benzene rings is 2. The van der Waals surface area contributed by atoms with Crippen molar-refractivity contribution in [2.75, 3.05) is 11.4 Å². The van der Waals surface area contributed by atoms with Crippen molar-refractivity contribution in [3.63, 3.8) is 0 Å². The highest BCUT2D eigenvalue weighted by Gasteiger charge is 2.32. The number of nitro benzene ring substituents is 1. The highest BCUT2D eigenvalue weighted by Crippen LogP contribution is 2.24. The summed E-state index contributed by atoms with van der Waals surface area (Å²) in [5.41, 5.74) is 0.898. The standard InChI is InChI=1S/C18H16FN3O4/c1-11-15(3-2-4-16(11)22(25)26)18(24)20-13-9-17(23)21(10-13)14-7-5-12(19)6-8-14/h2-8,13H,9-10H2,1H3,(H,20,24). The molecule has 7 nitrogen and oxygen atoms in total. The Morgan fingerprint density at radius 1 is 1.27 bits per heavy atom. The minimum absolute atomic E-state index is 0.108. The number of amides is 2. The lowest BCUT2D eigenvalue weighted by molar-refractivity contribution is -0.385. The zero-order chi connectivity index (χ0) is 18.8. The van der Waals surface area contributed by atoms with Crippen molar-refractivity contribution in [1.29, 1.82) is 0 Å². The van der Waals surface area contributed by atoms with Crippen LogP contribution < -0.4 is 10.2 Å². The highest BCUT2D eigenvalue weighted by molar-refractivity contribution is 5.99. The second kappa shape index (κ2) is 6.91.